The van der Waals surface area contributed by atoms with Crippen molar-refractivity contribution >= 4 is 5.57 Å². The minimum absolute atomic E-state index is 0.793. The van der Waals surface area contributed by atoms with Gasteiger partial charge < -0.3 is 4.90 Å². The number of likely N-dealkylation sites (N-methyl/N-ethyl adjacent to an activating group) is 1. The fourth-order valence-corrected chi connectivity index (χ4v) is 2.76. The molecule has 1 aromatic carbocycles. The van der Waals surface area contributed by atoms with Crippen LogP contribution < -0.4 is 0 Å². The van der Waals surface area contributed by atoms with E-state index in [1.54, 1.807) is 6.08 Å². The summed E-state index contributed by atoms with van der Waals surface area (Å²) in [4.78, 5) is 2.18. The molecule has 0 aromatic heterocycles. The maximum Gasteiger partial charge on any atom is 0.0420 e. The molecule has 0 saturated carbocycles. The van der Waals surface area contributed by atoms with Gasteiger partial charge in [0.1, 0.15) is 0 Å². The highest BCUT2D eigenvalue weighted by atomic mass is 15.1. The minimum atomic E-state index is 0.793. The maximum absolute atomic E-state index is 5.34. The van der Waals surface area contributed by atoms with Crippen molar-refractivity contribution < 1.29 is 0 Å². The molecule has 146 valence electrons. The van der Waals surface area contributed by atoms with Gasteiger partial charge in [-0.2, -0.15) is 0 Å². The van der Waals surface area contributed by atoms with E-state index in [1.807, 2.05) is 6.08 Å². The molecular formula is C27H33N. The third kappa shape index (κ3) is 8.14. The first-order chi connectivity index (χ1) is 13.4. The topological polar surface area (TPSA) is 3.24 Å². The Kier molecular flexibility index (Phi) is 10.2. The van der Waals surface area contributed by atoms with Crippen LogP contribution in [0.1, 0.15) is 37.8 Å². The molecule has 28 heavy (non-hydrogen) atoms. The number of allylic oxidation sites excluding steroid dienone is 7. The van der Waals surface area contributed by atoms with Crippen molar-refractivity contribution in [3.8, 4) is 12.3 Å². The lowest BCUT2D eigenvalue weighted by Crippen LogP contribution is -2.19. The van der Waals surface area contributed by atoms with E-state index in [2.05, 4.69) is 100 Å². The molecule has 1 rings (SSSR count). The largest absolute Gasteiger partial charge is 0.374 e. The van der Waals surface area contributed by atoms with Crippen molar-refractivity contribution in [1.29, 1.82) is 0 Å². The number of rotatable bonds is 10. The predicted octanol–water partition coefficient (Wildman–Crippen LogP) is 6.87. The van der Waals surface area contributed by atoms with E-state index in [4.69, 9.17) is 6.42 Å². The standard InChI is InChI=1S/C27H33N/c1-8-11-15-26(13-9-2)21-28(7)24(6)20-25(10-3)18-17-23(5)27-16-12-14-22(4)19-27/h1,10-19H,5-6,9,20-21H2,2-4,7H3/b15-11-,18-17-,25-10+,26-13+. The van der Waals surface area contributed by atoms with Gasteiger partial charge in [0.25, 0.3) is 0 Å². The Labute approximate surface area is 172 Å². The second-order valence-electron chi connectivity index (χ2n) is 6.88. The van der Waals surface area contributed by atoms with Crippen LogP contribution in [0.4, 0.5) is 0 Å². The summed E-state index contributed by atoms with van der Waals surface area (Å²) in [5.41, 5.74) is 6.88. The van der Waals surface area contributed by atoms with Gasteiger partial charge in [0.05, 0.1) is 0 Å². The van der Waals surface area contributed by atoms with Gasteiger partial charge >= 0.3 is 0 Å². The Balaban J connectivity index is 2.74. The van der Waals surface area contributed by atoms with Gasteiger partial charge in [-0.3, -0.25) is 0 Å². The summed E-state index contributed by atoms with van der Waals surface area (Å²) < 4.78 is 0. The van der Waals surface area contributed by atoms with Crippen LogP contribution in [-0.4, -0.2) is 18.5 Å². The van der Waals surface area contributed by atoms with Crippen molar-refractivity contribution in [3.05, 3.63) is 102 Å². The Morgan fingerprint density at radius 3 is 2.54 bits per heavy atom. The lowest BCUT2D eigenvalue weighted by atomic mass is 10.0. The van der Waals surface area contributed by atoms with Crippen LogP contribution in [0.3, 0.4) is 0 Å². The van der Waals surface area contributed by atoms with Crippen molar-refractivity contribution in [2.75, 3.05) is 13.6 Å². The Bertz CT molecular complexity index is 837. The summed E-state index contributed by atoms with van der Waals surface area (Å²) in [5.74, 6) is 2.56. The number of aryl methyl sites for hydroxylation is 1. The Morgan fingerprint density at radius 2 is 1.93 bits per heavy atom. The number of hydrogen-bond donors (Lipinski definition) is 0. The second-order valence-corrected chi connectivity index (χ2v) is 6.88. The third-order valence-corrected chi connectivity index (χ3v) is 4.49. The molecule has 0 saturated heterocycles. The average Bonchev–Trinajstić information content (AvgIpc) is 2.68. The summed E-state index contributed by atoms with van der Waals surface area (Å²) in [7, 11) is 2.07. The van der Waals surface area contributed by atoms with E-state index >= 15 is 0 Å². The van der Waals surface area contributed by atoms with E-state index < -0.39 is 0 Å². The number of hydrogen-bond acceptors (Lipinski definition) is 1. The molecule has 0 spiro atoms. The Hall–Kier alpha value is -2.98. The van der Waals surface area contributed by atoms with Crippen LogP contribution in [0.2, 0.25) is 0 Å². The fourth-order valence-electron chi connectivity index (χ4n) is 2.76. The van der Waals surface area contributed by atoms with Crippen molar-refractivity contribution in [3.63, 3.8) is 0 Å². The predicted molar refractivity (Wildman–Crippen MR) is 126 cm³/mol. The van der Waals surface area contributed by atoms with Gasteiger partial charge in [-0.15, -0.1) is 6.42 Å². The molecule has 0 aliphatic carbocycles. The van der Waals surface area contributed by atoms with Crippen molar-refractivity contribution in [2.45, 2.75) is 33.6 Å². The molecule has 0 fully saturated rings. The highest BCUT2D eigenvalue weighted by Gasteiger charge is 2.06. The maximum atomic E-state index is 5.34. The molecule has 0 heterocycles. The summed E-state index contributed by atoms with van der Waals surface area (Å²) in [6, 6.07) is 8.40. The molecule has 1 nitrogen and oxygen atoms in total. The lowest BCUT2D eigenvalue weighted by Gasteiger charge is -2.23. The van der Waals surface area contributed by atoms with Gasteiger partial charge in [0, 0.05) is 25.7 Å². The molecule has 0 aliphatic heterocycles. The van der Waals surface area contributed by atoms with Crippen LogP contribution >= 0.6 is 0 Å². The first-order valence-electron chi connectivity index (χ1n) is 9.71. The number of nitrogens with zero attached hydrogens (tertiary/aromatic N) is 1. The molecule has 0 atom stereocenters. The van der Waals surface area contributed by atoms with Crippen LogP contribution in [0.25, 0.3) is 5.57 Å². The van der Waals surface area contributed by atoms with Gasteiger partial charge in [-0.1, -0.05) is 80.1 Å². The molecule has 0 N–H and O–H groups in total. The van der Waals surface area contributed by atoms with Crippen molar-refractivity contribution in [1.82, 2.24) is 4.90 Å². The molecular weight excluding hydrogens is 338 g/mol. The quantitative estimate of drug-likeness (QED) is 0.320. The minimum Gasteiger partial charge on any atom is -0.374 e. The summed E-state index contributed by atoms with van der Waals surface area (Å²) >= 11 is 0. The zero-order valence-electron chi connectivity index (χ0n) is 17.8. The first kappa shape index (κ1) is 23.1. The normalized spacial score (nSPS) is 12.4. The van der Waals surface area contributed by atoms with E-state index in [0.717, 1.165) is 36.2 Å². The van der Waals surface area contributed by atoms with Gasteiger partial charge in [-0.25, -0.2) is 0 Å². The average molecular weight is 372 g/mol. The highest BCUT2D eigenvalue weighted by molar-refractivity contribution is 5.72. The monoisotopic (exact) mass is 371 g/mol. The summed E-state index contributed by atoms with van der Waals surface area (Å²) in [6.45, 7) is 15.5. The number of benzene rings is 1. The highest BCUT2D eigenvalue weighted by Crippen LogP contribution is 2.19. The van der Waals surface area contributed by atoms with Crippen LogP contribution in [0.5, 0.6) is 0 Å². The molecule has 0 aliphatic rings. The molecule has 0 bridgehead atoms. The molecule has 1 aromatic rings. The fraction of sp³-hybridized carbons (Fsp3) is 0.259. The molecule has 0 amide bonds. The molecule has 0 radical (unpaired) electrons. The smallest absolute Gasteiger partial charge is 0.0420 e. The second kappa shape index (κ2) is 12.4. The first-order valence-corrected chi connectivity index (χ1v) is 9.71. The van der Waals surface area contributed by atoms with Gasteiger partial charge in [0.2, 0.25) is 0 Å². The summed E-state index contributed by atoms with van der Waals surface area (Å²) in [6.07, 6.45) is 19.4. The van der Waals surface area contributed by atoms with Crippen LogP contribution in [0, 0.1) is 19.3 Å². The third-order valence-electron chi connectivity index (χ3n) is 4.49. The van der Waals surface area contributed by atoms with Gasteiger partial charge in [-0.05, 0) is 54.7 Å². The van der Waals surface area contributed by atoms with E-state index in [0.29, 0.717) is 0 Å². The SMILES string of the molecule is C#C/C=C\C(=C/CC)CN(C)C(=C)CC(/C=C\C(=C)c1cccc(C)c1)=C/C. The van der Waals surface area contributed by atoms with Crippen LogP contribution in [-0.2, 0) is 0 Å². The van der Waals surface area contributed by atoms with E-state index in [-0.39, 0.29) is 0 Å². The van der Waals surface area contributed by atoms with Crippen molar-refractivity contribution in [2.24, 2.45) is 0 Å². The van der Waals surface area contributed by atoms with E-state index in [9.17, 15) is 0 Å². The lowest BCUT2D eigenvalue weighted by molar-refractivity contribution is 0.448. The van der Waals surface area contributed by atoms with Gasteiger partial charge in [0.15, 0.2) is 0 Å². The number of terminal acetylenes is 1. The zero-order valence-corrected chi connectivity index (χ0v) is 17.8. The summed E-state index contributed by atoms with van der Waals surface area (Å²) in [5, 5.41) is 0. The Morgan fingerprint density at radius 1 is 1.18 bits per heavy atom. The zero-order chi connectivity index (χ0) is 20.9. The molecule has 1 heteroatoms. The van der Waals surface area contributed by atoms with Crippen LogP contribution in [0.15, 0.2) is 90.7 Å². The van der Waals surface area contributed by atoms with E-state index in [1.165, 1.54) is 16.7 Å². The molecule has 0 unspecified atom stereocenters.